The average molecular weight is 203 g/mol. The summed E-state index contributed by atoms with van der Waals surface area (Å²) in [5, 5.41) is 12.1. The molecule has 0 saturated carbocycles. The van der Waals surface area contributed by atoms with Gasteiger partial charge >= 0.3 is 0 Å². The van der Waals surface area contributed by atoms with E-state index in [1.807, 2.05) is 0 Å². The molecule has 0 atom stereocenters. The Bertz CT molecular complexity index is 337. The maximum absolute atomic E-state index is 8.87. The van der Waals surface area contributed by atoms with Gasteiger partial charge < -0.3 is 5.32 Å². The van der Waals surface area contributed by atoms with Crippen LogP contribution < -0.4 is 5.32 Å². The van der Waals surface area contributed by atoms with Crippen molar-refractivity contribution in [2.45, 2.75) is 26.7 Å². The Morgan fingerprint density at radius 1 is 1.47 bits per heavy atom. The van der Waals surface area contributed by atoms with E-state index in [0.717, 1.165) is 19.4 Å². The van der Waals surface area contributed by atoms with Crippen LogP contribution in [0.3, 0.4) is 0 Å². The van der Waals surface area contributed by atoms with E-state index in [4.69, 9.17) is 5.26 Å². The highest BCUT2D eigenvalue weighted by atomic mass is 15.0. The molecule has 1 aromatic heterocycles. The number of nitrogens with one attached hydrogen (secondary N) is 1. The molecule has 0 aliphatic rings. The fourth-order valence-corrected chi connectivity index (χ4v) is 1.45. The molecular weight excluding hydrogens is 186 g/mol. The Labute approximate surface area is 91.1 Å². The lowest BCUT2D eigenvalue weighted by molar-refractivity contribution is 0.518. The molecule has 3 heteroatoms. The van der Waals surface area contributed by atoms with Gasteiger partial charge in [-0.25, -0.2) is 4.98 Å². The number of hydrogen-bond acceptors (Lipinski definition) is 3. The van der Waals surface area contributed by atoms with Crippen LogP contribution in [0.25, 0.3) is 0 Å². The predicted molar refractivity (Wildman–Crippen MR) is 61.5 cm³/mol. The molecule has 0 bridgehead atoms. The van der Waals surface area contributed by atoms with Crippen LogP contribution >= 0.6 is 0 Å². The quantitative estimate of drug-likeness (QED) is 0.800. The van der Waals surface area contributed by atoms with Crippen molar-refractivity contribution < 1.29 is 0 Å². The van der Waals surface area contributed by atoms with E-state index < -0.39 is 0 Å². The average Bonchev–Trinajstić information content (AvgIpc) is 2.31. The number of hydrogen-bond donors (Lipinski definition) is 1. The summed E-state index contributed by atoms with van der Waals surface area (Å²) in [5.41, 5.74) is 0.614. The molecule has 0 amide bonds. The topological polar surface area (TPSA) is 48.7 Å². The van der Waals surface area contributed by atoms with Crippen LogP contribution in [0.1, 0.15) is 32.3 Å². The third-order valence-corrected chi connectivity index (χ3v) is 2.64. The summed E-state index contributed by atoms with van der Waals surface area (Å²) >= 11 is 0. The molecule has 1 N–H and O–H groups in total. The Hall–Kier alpha value is -1.56. The van der Waals surface area contributed by atoms with E-state index in [-0.39, 0.29) is 0 Å². The molecule has 80 valence electrons. The molecule has 15 heavy (non-hydrogen) atoms. The van der Waals surface area contributed by atoms with E-state index in [1.165, 1.54) is 0 Å². The lowest BCUT2D eigenvalue weighted by Gasteiger charge is -2.14. The summed E-state index contributed by atoms with van der Waals surface area (Å²) < 4.78 is 0. The molecule has 0 radical (unpaired) electrons. The van der Waals surface area contributed by atoms with Gasteiger partial charge in [-0.15, -0.1) is 0 Å². The number of aromatic nitrogens is 1. The maximum Gasteiger partial charge on any atom is 0.143 e. The molecule has 0 spiro atoms. The Morgan fingerprint density at radius 3 is 2.80 bits per heavy atom. The smallest absolute Gasteiger partial charge is 0.143 e. The summed E-state index contributed by atoms with van der Waals surface area (Å²) in [4.78, 5) is 4.16. The molecule has 1 heterocycles. The predicted octanol–water partition coefficient (Wildman–Crippen LogP) is 2.80. The first-order valence-electron chi connectivity index (χ1n) is 5.40. The van der Waals surface area contributed by atoms with Crippen molar-refractivity contribution in [3.8, 4) is 6.07 Å². The lowest BCUT2D eigenvalue weighted by Crippen LogP contribution is -2.14. The molecule has 1 rings (SSSR count). The summed E-state index contributed by atoms with van der Waals surface area (Å²) in [6.45, 7) is 5.25. The van der Waals surface area contributed by atoms with Gasteiger partial charge in [-0.3, -0.25) is 0 Å². The molecule has 0 unspecified atom stereocenters. The van der Waals surface area contributed by atoms with Crippen molar-refractivity contribution >= 4 is 5.82 Å². The van der Waals surface area contributed by atoms with Crippen LogP contribution in [-0.4, -0.2) is 11.5 Å². The zero-order valence-corrected chi connectivity index (χ0v) is 9.33. The van der Waals surface area contributed by atoms with Crippen LogP contribution in [0.4, 0.5) is 5.82 Å². The van der Waals surface area contributed by atoms with Gasteiger partial charge in [0.1, 0.15) is 11.9 Å². The van der Waals surface area contributed by atoms with E-state index in [9.17, 15) is 0 Å². The van der Waals surface area contributed by atoms with E-state index >= 15 is 0 Å². The Morgan fingerprint density at radius 2 is 2.20 bits per heavy atom. The van der Waals surface area contributed by atoms with Gasteiger partial charge in [0.15, 0.2) is 0 Å². The van der Waals surface area contributed by atoms with Gasteiger partial charge in [-0.2, -0.15) is 5.26 Å². The van der Waals surface area contributed by atoms with E-state index in [0.29, 0.717) is 17.3 Å². The molecule has 0 aromatic carbocycles. The SMILES string of the molecule is CCC(CC)CNc1ncccc1C#N. The molecule has 0 aliphatic carbocycles. The van der Waals surface area contributed by atoms with Crippen LogP contribution in [0.2, 0.25) is 0 Å². The van der Waals surface area contributed by atoms with Crippen molar-refractivity contribution in [2.24, 2.45) is 5.92 Å². The van der Waals surface area contributed by atoms with Crippen molar-refractivity contribution in [1.82, 2.24) is 4.98 Å². The molecule has 0 aliphatic heterocycles. The van der Waals surface area contributed by atoms with E-state index in [1.54, 1.807) is 18.3 Å². The molecule has 3 nitrogen and oxygen atoms in total. The molecular formula is C12H17N3. The first-order chi connectivity index (χ1) is 7.31. The third kappa shape index (κ3) is 3.25. The zero-order valence-electron chi connectivity index (χ0n) is 9.33. The van der Waals surface area contributed by atoms with Crippen molar-refractivity contribution in [2.75, 3.05) is 11.9 Å². The van der Waals surface area contributed by atoms with Gasteiger partial charge in [-0.05, 0) is 18.1 Å². The maximum atomic E-state index is 8.87. The number of rotatable bonds is 5. The van der Waals surface area contributed by atoms with Crippen molar-refractivity contribution in [3.05, 3.63) is 23.9 Å². The van der Waals surface area contributed by atoms with Crippen LogP contribution in [0.15, 0.2) is 18.3 Å². The highest BCUT2D eigenvalue weighted by Gasteiger charge is 2.05. The zero-order chi connectivity index (χ0) is 11.1. The van der Waals surface area contributed by atoms with Crippen LogP contribution in [0, 0.1) is 17.2 Å². The minimum atomic E-state index is 0.614. The number of nitriles is 1. The third-order valence-electron chi connectivity index (χ3n) is 2.64. The lowest BCUT2D eigenvalue weighted by atomic mass is 10.0. The fraction of sp³-hybridized carbons (Fsp3) is 0.500. The summed E-state index contributed by atoms with van der Waals surface area (Å²) in [7, 11) is 0. The Kier molecular flexibility index (Phi) is 4.62. The molecule has 1 aromatic rings. The number of anilines is 1. The first kappa shape index (κ1) is 11.5. The minimum Gasteiger partial charge on any atom is -0.369 e. The van der Waals surface area contributed by atoms with Gasteiger partial charge in [0.25, 0.3) is 0 Å². The number of nitrogens with zero attached hydrogens (tertiary/aromatic N) is 2. The summed E-state index contributed by atoms with van der Waals surface area (Å²) in [5.74, 6) is 1.35. The van der Waals surface area contributed by atoms with E-state index in [2.05, 4.69) is 30.2 Å². The standard InChI is InChI=1S/C12H17N3/c1-3-10(4-2)9-15-12-11(8-13)6-5-7-14-12/h5-7,10H,3-4,9H2,1-2H3,(H,14,15). The highest BCUT2D eigenvalue weighted by molar-refractivity contribution is 5.51. The van der Waals surface area contributed by atoms with Gasteiger partial charge in [0.05, 0.1) is 5.56 Å². The largest absolute Gasteiger partial charge is 0.369 e. The summed E-state index contributed by atoms with van der Waals surface area (Å²) in [6, 6.07) is 5.69. The summed E-state index contributed by atoms with van der Waals surface area (Å²) in [6.07, 6.45) is 4.01. The van der Waals surface area contributed by atoms with Crippen molar-refractivity contribution in [1.29, 1.82) is 5.26 Å². The van der Waals surface area contributed by atoms with Crippen LogP contribution in [-0.2, 0) is 0 Å². The van der Waals surface area contributed by atoms with Crippen LogP contribution in [0.5, 0.6) is 0 Å². The number of pyridine rings is 1. The monoisotopic (exact) mass is 203 g/mol. The Balaban J connectivity index is 2.61. The second kappa shape index (κ2) is 6.02. The van der Waals surface area contributed by atoms with Gasteiger partial charge in [0.2, 0.25) is 0 Å². The second-order valence-electron chi connectivity index (χ2n) is 3.57. The normalized spacial score (nSPS) is 10.0. The molecule has 0 fully saturated rings. The van der Waals surface area contributed by atoms with Gasteiger partial charge in [0, 0.05) is 12.7 Å². The first-order valence-corrected chi connectivity index (χ1v) is 5.40. The minimum absolute atomic E-state index is 0.614. The highest BCUT2D eigenvalue weighted by Crippen LogP contribution is 2.13. The second-order valence-corrected chi connectivity index (χ2v) is 3.57. The molecule has 0 saturated heterocycles. The fourth-order valence-electron chi connectivity index (χ4n) is 1.45. The van der Waals surface area contributed by atoms with Gasteiger partial charge in [-0.1, -0.05) is 26.7 Å². The van der Waals surface area contributed by atoms with Crippen molar-refractivity contribution in [3.63, 3.8) is 0 Å².